The second-order valence-electron chi connectivity index (χ2n) is 6.35. The standard InChI is InChI=1S/C21H22ClN3O3/c1-13-20(14(2)25(24-13)12-15-7-5-6-8-19(15)22)23-21(26)16-9-17(27-3)11-18(10-16)28-4/h5-11H,12H2,1-4H3,(H,23,26). The normalized spacial score (nSPS) is 10.6. The number of carbonyl (C=O) groups excluding carboxylic acids is 1. The summed E-state index contributed by atoms with van der Waals surface area (Å²) < 4.78 is 12.3. The number of anilines is 1. The van der Waals surface area contributed by atoms with Gasteiger partial charge < -0.3 is 14.8 Å². The van der Waals surface area contributed by atoms with Gasteiger partial charge in [0, 0.05) is 16.7 Å². The largest absolute Gasteiger partial charge is 0.497 e. The van der Waals surface area contributed by atoms with Gasteiger partial charge in [0.05, 0.1) is 37.8 Å². The third kappa shape index (κ3) is 4.12. The van der Waals surface area contributed by atoms with Gasteiger partial charge in [-0.2, -0.15) is 5.10 Å². The third-order valence-electron chi connectivity index (χ3n) is 4.51. The highest BCUT2D eigenvalue weighted by Gasteiger charge is 2.17. The van der Waals surface area contributed by atoms with E-state index in [0.29, 0.717) is 34.3 Å². The smallest absolute Gasteiger partial charge is 0.256 e. The molecule has 0 atom stereocenters. The minimum Gasteiger partial charge on any atom is -0.497 e. The Morgan fingerprint density at radius 2 is 1.75 bits per heavy atom. The first kappa shape index (κ1) is 19.8. The number of aromatic nitrogens is 2. The molecule has 0 aliphatic heterocycles. The van der Waals surface area contributed by atoms with Gasteiger partial charge in [0.15, 0.2) is 0 Å². The van der Waals surface area contributed by atoms with Crippen LogP contribution in [0.15, 0.2) is 42.5 Å². The van der Waals surface area contributed by atoms with Gasteiger partial charge in [0.1, 0.15) is 11.5 Å². The number of carbonyl (C=O) groups is 1. The van der Waals surface area contributed by atoms with Crippen LogP contribution in [0.25, 0.3) is 0 Å². The summed E-state index contributed by atoms with van der Waals surface area (Å²) in [6.45, 7) is 4.30. The van der Waals surface area contributed by atoms with E-state index in [9.17, 15) is 4.79 Å². The number of ether oxygens (including phenoxy) is 2. The Bertz CT molecular complexity index is 992. The van der Waals surface area contributed by atoms with Crippen molar-refractivity contribution in [3.63, 3.8) is 0 Å². The van der Waals surface area contributed by atoms with Crippen LogP contribution in [0.5, 0.6) is 11.5 Å². The minimum absolute atomic E-state index is 0.263. The molecule has 3 aromatic rings. The molecule has 0 saturated heterocycles. The van der Waals surface area contributed by atoms with E-state index in [2.05, 4.69) is 10.4 Å². The summed E-state index contributed by atoms with van der Waals surface area (Å²) in [5, 5.41) is 8.19. The molecule has 0 bridgehead atoms. The van der Waals surface area contributed by atoms with E-state index in [1.165, 1.54) is 0 Å². The van der Waals surface area contributed by atoms with Gasteiger partial charge in [-0.1, -0.05) is 29.8 Å². The lowest BCUT2D eigenvalue weighted by atomic mass is 10.1. The number of rotatable bonds is 6. The monoisotopic (exact) mass is 399 g/mol. The van der Waals surface area contributed by atoms with E-state index < -0.39 is 0 Å². The lowest BCUT2D eigenvalue weighted by Gasteiger charge is -2.10. The Morgan fingerprint density at radius 3 is 2.36 bits per heavy atom. The van der Waals surface area contributed by atoms with Crippen LogP contribution >= 0.6 is 11.6 Å². The molecule has 6 nitrogen and oxygen atoms in total. The molecule has 1 aromatic heterocycles. The summed E-state index contributed by atoms with van der Waals surface area (Å²) in [5.41, 5.74) is 3.66. The molecule has 1 heterocycles. The number of aryl methyl sites for hydroxylation is 1. The fourth-order valence-corrected chi connectivity index (χ4v) is 3.14. The Kier molecular flexibility index (Phi) is 5.90. The third-order valence-corrected chi connectivity index (χ3v) is 4.88. The molecule has 0 saturated carbocycles. The number of nitrogens with one attached hydrogen (secondary N) is 1. The lowest BCUT2D eigenvalue weighted by molar-refractivity contribution is 0.102. The average molecular weight is 400 g/mol. The Balaban J connectivity index is 1.86. The van der Waals surface area contributed by atoms with Crippen molar-refractivity contribution in [1.82, 2.24) is 9.78 Å². The summed E-state index contributed by atoms with van der Waals surface area (Å²) in [4.78, 5) is 12.8. The van der Waals surface area contributed by atoms with E-state index in [0.717, 1.165) is 17.0 Å². The lowest BCUT2D eigenvalue weighted by Crippen LogP contribution is -2.14. The number of benzene rings is 2. The molecule has 0 radical (unpaired) electrons. The SMILES string of the molecule is COc1cc(OC)cc(C(=O)Nc2c(C)nn(Cc3ccccc3Cl)c2C)c1. The van der Waals surface area contributed by atoms with Gasteiger partial charge in [0.2, 0.25) is 0 Å². The van der Waals surface area contributed by atoms with E-state index in [-0.39, 0.29) is 5.91 Å². The Hall–Kier alpha value is -2.99. The molecule has 3 rings (SSSR count). The average Bonchev–Trinajstić information content (AvgIpc) is 2.96. The van der Waals surface area contributed by atoms with Gasteiger partial charge in [-0.25, -0.2) is 0 Å². The molecule has 146 valence electrons. The van der Waals surface area contributed by atoms with E-state index in [4.69, 9.17) is 21.1 Å². The quantitative estimate of drug-likeness (QED) is 0.664. The zero-order chi connectivity index (χ0) is 20.3. The molecule has 0 aliphatic rings. The van der Waals surface area contributed by atoms with Crippen LogP contribution in [0.2, 0.25) is 5.02 Å². The molecule has 0 spiro atoms. The number of nitrogens with zero attached hydrogens (tertiary/aromatic N) is 2. The van der Waals surface area contributed by atoms with Crippen LogP contribution in [-0.2, 0) is 6.54 Å². The molecule has 7 heteroatoms. The highest BCUT2D eigenvalue weighted by Crippen LogP contribution is 2.26. The fourth-order valence-electron chi connectivity index (χ4n) is 2.94. The maximum absolute atomic E-state index is 12.8. The van der Waals surface area contributed by atoms with E-state index >= 15 is 0 Å². The molecule has 0 aliphatic carbocycles. The summed E-state index contributed by atoms with van der Waals surface area (Å²) >= 11 is 6.26. The summed E-state index contributed by atoms with van der Waals surface area (Å²) in [5.74, 6) is 0.834. The maximum Gasteiger partial charge on any atom is 0.256 e. The number of methoxy groups -OCH3 is 2. The highest BCUT2D eigenvalue weighted by molar-refractivity contribution is 6.31. The molecule has 0 unspecified atom stereocenters. The van der Waals surface area contributed by atoms with Crippen LogP contribution in [0.1, 0.15) is 27.3 Å². The van der Waals surface area contributed by atoms with Crippen molar-refractivity contribution < 1.29 is 14.3 Å². The molecular formula is C21H22ClN3O3. The topological polar surface area (TPSA) is 65.4 Å². The predicted octanol–water partition coefficient (Wildman–Crippen LogP) is 4.47. The van der Waals surface area contributed by atoms with Crippen molar-refractivity contribution in [2.24, 2.45) is 0 Å². The van der Waals surface area contributed by atoms with Gasteiger partial charge in [0.25, 0.3) is 5.91 Å². The van der Waals surface area contributed by atoms with Crippen LogP contribution in [0, 0.1) is 13.8 Å². The van der Waals surface area contributed by atoms with Crippen molar-refractivity contribution in [3.05, 3.63) is 70.0 Å². The van der Waals surface area contributed by atoms with Crippen molar-refractivity contribution in [2.45, 2.75) is 20.4 Å². The highest BCUT2D eigenvalue weighted by atomic mass is 35.5. The number of hydrogen-bond donors (Lipinski definition) is 1. The summed E-state index contributed by atoms with van der Waals surface area (Å²) in [6, 6.07) is 12.7. The van der Waals surface area contributed by atoms with Gasteiger partial charge in [-0.05, 0) is 37.6 Å². The zero-order valence-corrected chi connectivity index (χ0v) is 17.0. The van der Waals surface area contributed by atoms with Crippen molar-refractivity contribution in [2.75, 3.05) is 19.5 Å². The Labute approximate surface area is 169 Å². The zero-order valence-electron chi connectivity index (χ0n) is 16.2. The van der Waals surface area contributed by atoms with Crippen molar-refractivity contribution in [3.8, 4) is 11.5 Å². The van der Waals surface area contributed by atoms with Gasteiger partial charge >= 0.3 is 0 Å². The number of halogens is 1. The van der Waals surface area contributed by atoms with E-state index in [1.807, 2.05) is 42.8 Å². The van der Waals surface area contributed by atoms with Gasteiger partial charge in [-0.15, -0.1) is 0 Å². The molecule has 0 fully saturated rings. The van der Waals surface area contributed by atoms with Crippen LogP contribution < -0.4 is 14.8 Å². The summed E-state index contributed by atoms with van der Waals surface area (Å²) in [6.07, 6.45) is 0. The first-order chi connectivity index (χ1) is 13.4. The van der Waals surface area contributed by atoms with Crippen LogP contribution in [-0.4, -0.2) is 29.9 Å². The molecular weight excluding hydrogens is 378 g/mol. The van der Waals surface area contributed by atoms with Gasteiger partial charge in [-0.3, -0.25) is 9.48 Å². The van der Waals surface area contributed by atoms with Crippen molar-refractivity contribution in [1.29, 1.82) is 0 Å². The maximum atomic E-state index is 12.8. The Morgan fingerprint density at radius 1 is 1.11 bits per heavy atom. The van der Waals surface area contributed by atoms with Crippen LogP contribution in [0.4, 0.5) is 5.69 Å². The fraction of sp³-hybridized carbons (Fsp3) is 0.238. The second kappa shape index (κ2) is 8.35. The first-order valence-electron chi connectivity index (χ1n) is 8.74. The molecule has 2 aromatic carbocycles. The van der Waals surface area contributed by atoms with Crippen LogP contribution in [0.3, 0.4) is 0 Å². The molecule has 1 N–H and O–H groups in total. The number of amides is 1. The van der Waals surface area contributed by atoms with Crippen molar-refractivity contribution >= 4 is 23.2 Å². The van der Waals surface area contributed by atoms with E-state index in [1.54, 1.807) is 32.4 Å². The molecule has 28 heavy (non-hydrogen) atoms. The summed E-state index contributed by atoms with van der Waals surface area (Å²) in [7, 11) is 3.09. The predicted molar refractivity (Wildman–Crippen MR) is 110 cm³/mol. The minimum atomic E-state index is -0.263. The second-order valence-corrected chi connectivity index (χ2v) is 6.76. The first-order valence-corrected chi connectivity index (χ1v) is 9.12. The number of hydrogen-bond acceptors (Lipinski definition) is 4. The molecule has 1 amide bonds.